The molecule has 0 unspecified atom stereocenters. The number of anilines is 2. The van der Waals surface area contributed by atoms with E-state index in [1.165, 1.54) is 11.3 Å². The van der Waals surface area contributed by atoms with Crippen molar-refractivity contribution in [3.8, 4) is 0 Å². The fourth-order valence-corrected chi connectivity index (χ4v) is 5.08. The summed E-state index contributed by atoms with van der Waals surface area (Å²) in [6, 6.07) is 20.9. The van der Waals surface area contributed by atoms with E-state index in [1.54, 1.807) is 7.11 Å². The molecular weight excluding hydrogens is 482 g/mol. The van der Waals surface area contributed by atoms with Crippen LogP contribution in [-0.4, -0.2) is 55.4 Å². The molecule has 1 fully saturated rings. The lowest BCUT2D eigenvalue weighted by Gasteiger charge is -2.36. The van der Waals surface area contributed by atoms with Gasteiger partial charge in [0.05, 0.1) is 7.11 Å². The van der Waals surface area contributed by atoms with Crippen LogP contribution >= 0.6 is 0 Å². The summed E-state index contributed by atoms with van der Waals surface area (Å²) in [4.78, 5) is 13.4. The highest BCUT2D eigenvalue weighted by molar-refractivity contribution is 6.01. The first-order chi connectivity index (χ1) is 18.9. The van der Waals surface area contributed by atoms with Crippen LogP contribution in [0.2, 0.25) is 0 Å². The first-order valence-corrected chi connectivity index (χ1v) is 13.6. The molecule has 39 heavy (non-hydrogen) atoms. The maximum atomic E-state index is 6.46. The van der Waals surface area contributed by atoms with Crippen molar-refractivity contribution in [2.75, 3.05) is 50.5 Å². The normalized spacial score (nSPS) is 16.1. The van der Waals surface area contributed by atoms with Crippen LogP contribution in [0.5, 0.6) is 0 Å². The van der Waals surface area contributed by atoms with Gasteiger partial charge in [0.25, 0.3) is 0 Å². The van der Waals surface area contributed by atoms with E-state index in [0.717, 1.165) is 78.1 Å². The number of methoxy groups -OCH3 is 1. The average Bonchev–Trinajstić information content (AvgIpc) is 3.26. The van der Waals surface area contributed by atoms with Gasteiger partial charge in [-0.25, -0.2) is 4.99 Å². The highest BCUT2D eigenvalue weighted by atomic mass is 16.5. The predicted molar refractivity (Wildman–Crippen MR) is 166 cm³/mol. The zero-order valence-corrected chi connectivity index (χ0v) is 23.9. The molecule has 3 N–H and O–H groups in total. The molecule has 0 bridgehead atoms. The number of nitrogen functional groups attached to an aromatic ring is 1. The molecule has 1 aliphatic heterocycles. The van der Waals surface area contributed by atoms with Crippen molar-refractivity contribution in [3.63, 3.8) is 0 Å². The Kier molecular flexibility index (Phi) is 9.45. The number of hydrogen-bond acceptors (Lipinski definition) is 5. The summed E-state index contributed by atoms with van der Waals surface area (Å²) in [6.07, 6.45) is 6.16. The second-order valence-electron chi connectivity index (χ2n) is 10.0. The van der Waals surface area contributed by atoms with Crippen LogP contribution in [0.3, 0.4) is 0 Å². The first kappa shape index (κ1) is 28.0. The van der Waals surface area contributed by atoms with Gasteiger partial charge in [-0.3, -0.25) is 4.90 Å². The second kappa shape index (κ2) is 13.2. The van der Waals surface area contributed by atoms with Gasteiger partial charge in [-0.05, 0) is 81.3 Å². The molecule has 6 nitrogen and oxygen atoms in total. The van der Waals surface area contributed by atoms with Crippen LogP contribution in [0.4, 0.5) is 11.4 Å². The van der Waals surface area contributed by atoms with Crippen LogP contribution in [0.15, 0.2) is 89.3 Å². The van der Waals surface area contributed by atoms with E-state index in [0.29, 0.717) is 0 Å². The summed E-state index contributed by atoms with van der Waals surface area (Å²) < 4.78 is 5.68. The maximum absolute atomic E-state index is 6.46. The Morgan fingerprint density at radius 3 is 2.33 bits per heavy atom. The Morgan fingerprint density at radius 1 is 1.03 bits per heavy atom. The number of rotatable bonds is 9. The number of hydrogen-bond donors (Lipinski definition) is 2. The lowest BCUT2D eigenvalue weighted by molar-refractivity contribution is 0.288. The molecule has 3 aromatic rings. The fraction of sp³-hybridized carbons (Fsp3) is 0.303. The molecule has 0 amide bonds. The number of allylic oxidation sites excluding steroid dienone is 2. The average molecular weight is 524 g/mol. The van der Waals surface area contributed by atoms with E-state index in [1.807, 2.05) is 38.1 Å². The first-order valence-electron chi connectivity index (χ1n) is 13.6. The van der Waals surface area contributed by atoms with Crippen molar-refractivity contribution in [1.29, 1.82) is 0 Å². The van der Waals surface area contributed by atoms with E-state index in [4.69, 9.17) is 15.5 Å². The summed E-state index contributed by atoms with van der Waals surface area (Å²) in [6.45, 7) is 12.9. The molecule has 1 aromatic heterocycles. The fourth-order valence-electron chi connectivity index (χ4n) is 5.08. The third-order valence-electron chi connectivity index (χ3n) is 7.08. The van der Waals surface area contributed by atoms with Gasteiger partial charge in [0.15, 0.2) is 0 Å². The smallest absolute Gasteiger partial charge is 0.140 e. The molecular formula is C33H41N5O. The SMILES string of the molecule is C\C=C(OC)/C(=C/c1[nH]c(C)cc1C)/N=C(C)\C=C(/CN1CCN(c2ccccc2)CC1)c1ccccc1N. The van der Waals surface area contributed by atoms with Gasteiger partial charge < -0.3 is 20.4 Å². The van der Waals surface area contributed by atoms with Crippen molar-refractivity contribution >= 4 is 28.7 Å². The minimum Gasteiger partial charge on any atom is -0.495 e. The summed E-state index contributed by atoms with van der Waals surface area (Å²) in [5.41, 5.74) is 15.7. The van der Waals surface area contributed by atoms with Crippen LogP contribution in [0.25, 0.3) is 11.6 Å². The van der Waals surface area contributed by atoms with Gasteiger partial charge in [-0.1, -0.05) is 36.4 Å². The zero-order valence-electron chi connectivity index (χ0n) is 23.9. The number of para-hydroxylation sites is 2. The highest BCUT2D eigenvalue weighted by Gasteiger charge is 2.19. The van der Waals surface area contributed by atoms with Crippen molar-refractivity contribution in [3.05, 3.63) is 107 Å². The number of aromatic amines is 1. The van der Waals surface area contributed by atoms with Gasteiger partial charge in [0, 0.05) is 66.8 Å². The molecule has 204 valence electrons. The number of H-pyrrole nitrogens is 1. The van der Waals surface area contributed by atoms with Crippen molar-refractivity contribution in [1.82, 2.24) is 9.88 Å². The molecule has 1 saturated heterocycles. The van der Waals surface area contributed by atoms with Crippen molar-refractivity contribution in [2.24, 2.45) is 4.99 Å². The maximum Gasteiger partial charge on any atom is 0.140 e. The number of aryl methyl sites for hydroxylation is 2. The van der Waals surface area contributed by atoms with Gasteiger partial charge in [-0.15, -0.1) is 0 Å². The molecule has 0 atom stereocenters. The predicted octanol–water partition coefficient (Wildman–Crippen LogP) is 6.47. The van der Waals surface area contributed by atoms with Crippen LogP contribution < -0.4 is 10.6 Å². The summed E-state index contributed by atoms with van der Waals surface area (Å²) in [7, 11) is 1.68. The third kappa shape index (κ3) is 7.30. The lowest BCUT2D eigenvalue weighted by atomic mass is 10.0. The monoisotopic (exact) mass is 523 g/mol. The number of nitrogens with one attached hydrogen (secondary N) is 1. The number of aromatic nitrogens is 1. The minimum absolute atomic E-state index is 0.729. The van der Waals surface area contributed by atoms with Crippen LogP contribution in [0, 0.1) is 13.8 Å². The number of ether oxygens (including phenoxy) is 1. The molecule has 0 radical (unpaired) electrons. The largest absolute Gasteiger partial charge is 0.495 e. The molecule has 0 saturated carbocycles. The topological polar surface area (TPSA) is 69.9 Å². The Bertz CT molecular complexity index is 1370. The lowest BCUT2D eigenvalue weighted by Crippen LogP contribution is -2.46. The van der Waals surface area contributed by atoms with E-state index in [-0.39, 0.29) is 0 Å². The molecule has 0 aliphatic carbocycles. The van der Waals surface area contributed by atoms with E-state index in [9.17, 15) is 0 Å². The van der Waals surface area contributed by atoms with E-state index >= 15 is 0 Å². The number of nitrogens with zero attached hydrogens (tertiary/aromatic N) is 3. The second-order valence-corrected chi connectivity index (χ2v) is 10.0. The molecule has 1 aliphatic rings. The van der Waals surface area contributed by atoms with Crippen LogP contribution in [0.1, 0.15) is 36.4 Å². The van der Waals surface area contributed by atoms with Gasteiger partial charge >= 0.3 is 0 Å². The Labute approximate surface area is 233 Å². The van der Waals surface area contributed by atoms with E-state index < -0.39 is 0 Å². The molecule has 4 rings (SSSR count). The Hall–Kier alpha value is -4.03. The van der Waals surface area contributed by atoms with Gasteiger partial charge in [0.1, 0.15) is 11.5 Å². The third-order valence-corrected chi connectivity index (χ3v) is 7.08. The molecule has 2 heterocycles. The molecule has 0 spiro atoms. The van der Waals surface area contributed by atoms with Gasteiger partial charge in [-0.2, -0.15) is 0 Å². The Balaban J connectivity index is 1.62. The molecule has 2 aromatic carbocycles. The minimum atomic E-state index is 0.729. The summed E-state index contributed by atoms with van der Waals surface area (Å²) in [5.74, 6) is 0.729. The van der Waals surface area contributed by atoms with E-state index in [2.05, 4.69) is 83.2 Å². The number of nitrogens with two attached hydrogens (primary N) is 1. The van der Waals surface area contributed by atoms with Crippen molar-refractivity contribution < 1.29 is 4.74 Å². The highest BCUT2D eigenvalue weighted by Crippen LogP contribution is 2.25. The standard InChI is InChI=1S/C33H41N5O/c1-6-33(39-5)32(22-31-24(2)20-25(3)35-31)36-26(4)21-27(29-14-10-11-15-30(29)34)23-37-16-18-38(19-17-37)28-12-8-7-9-13-28/h6-15,20-22,35H,16-19,23,34H2,1-5H3/b27-21+,32-22-,33-6+,36-26-. The Morgan fingerprint density at radius 2 is 1.72 bits per heavy atom. The summed E-state index contributed by atoms with van der Waals surface area (Å²) >= 11 is 0. The quantitative estimate of drug-likeness (QED) is 0.146. The summed E-state index contributed by atoms with van der Waals surface area (Å²) in [5, 5.41) is 0. The van der Waals surface area contributed by atoms with Crippen LogP contribution in [-0.2, 0) is 4.74 Å². The van der Waals surface area contributed by atoms with Gasteiger partial charge in [0.2, 0.25) is 0 Å². The molecule has 6 heteroatoms. The van der Waals surface area contributed by atoms with Crippen molar-refractivity contribution in [2.45, 2.75) is 27.7 Å². The zero-order chi connectivity index (χ0) is 27.8. The number of aliphatic imine (C=N–C) groups is 1. The number of piperazine rings is 1. The number of benzene rings is 2.